The van der Waals surface area contributed by atoms with E-state index in [1.54, 1.807) is 0 Å². The molecule has 34 heavy (non-hydrogen) atoms. The summed E-state index contributed by atoms with van der Waals surface area (Å²) in [7, 11) is 1.43. The zero-order chi connectivity index (χ0) is 24.0. The fraction of sp³-hybridized carbons (Fsp3) is 0.654. The number of rotatable bonds is 5. The number of likely N-dealkylation sites (tertiary alicyclic amines) is 1. The van der Waals surface area contributed by atoms with Gasteiger partial charge in [-0.15, -0.1) is 0 Å². The second-order valence-electron chi connectivity index (χ2n) is 10.0. The minimum atomic E-state index is -1.09. The van der Waals surface area contributed by atoms with Crippen molar-refractivity contribution in [3.63, 3.8) is 0 Å². The van der Waals surface area contributed by atoms with Crippen LogP contribution in [0.3, 0.4) is 0 Å². The summed E-state index contributed by atoms with van der Waals surface area (Å²) in [4.78, 5) is 32.7. The van der Waals surface area contributed by atoms with Gasteiger partial charge in [0.2, 0.25) is 15.6 Å². The number of hydrogen-bond acceptors (Lipinski definition) is 5. The van der Waals surface area contributed by atoms with E-state index in [1.165, 1.54) is 38.3 Å². The minimum absolute atomic E-state index is 0.385. The van der Waals surface area contributed by atoms with Crippen molar-refractivity contribution in [3.05, 3.63) is 35.4 Å². The van der Waals surface area contributed by atoms with E-state index in [0.29, 0.717) is 24.3 Å². The van der Waals surface area contributed by atoms with Crippen molar-refractivity contribution >= 4 is 11.8 Å². The van der Waals surface area contributed by atoms with Crippen LogP contribution in [0.4, 0.5) is 0 Å². The van der Waals surface area contributed by atoms with E-state index < -0.39 is 11.4 Å². The van der Waals surface area contributed by atoms with Crippen LogP contribution in [0, 0.1) is 11.5 Å². The predicted molar refractivity (Wildman–Crippen MR) is 128 cm³/mol. The van der Waals surface area contributed by atoms with Gasteiger partial charge in [0.15, 0.2) is 6.19 Å². The molecular formula is C26H35N6O2+. The maximum absolute atomic E-state index is 12.7. The summed E-state index contributed by atoms with van der Waals surface area (Å²) < 4.78 is 0. The Morgan fingerprint density at radius 2 is 1.68 bits per heavy atom. The van der Waals surface area contributed by atoms with Crippen molar-refractivity contribution in [1.82, 2.24) is 14.7 Å². The van der Waals surface area contributed by atoms with Crippen LogP contribution >= 0.6 is 0 Å². The highest BCUT2D eigenvalue weighted by Crippen LogP contribution is 2.34. The van der Waals surface area contributed by atoms with Crippen LogP contribution in [0.1, 0.15) is 92.5 Å². The number of amides is 2. The number of nitriles is 1. The van der Waals surface area contributed by atoms with Gasteiger partial charge < -0.3 is 4.90 Å². The standard InChI is InChI=1S/C26H35N6O2/c1-31(19-27)25(34)26(15-5-2-6-16-26)29-30-28-24(33)22-11-9-20(10-12-22)21-13-17-32(18-14-21)23-7-3-4-8-23/h9-12,21,23H,2-8,13-18H2,1H3/q+1. The molecule has 3 fully saturated rings. The lowest BCUT2D eigenvalue weighted by atomic mass is 9.81. The zero-order valence-electron chi connectivity index (χ0n) is 20.2. The second kappa shape index (κ2) is 11.0. The van der Waals surface area contributed by atoms with Crippen LogP contribution < -0.4 is 4.91 Å². The average molecular weight is 464 g/mol. The Balaban J connectivity index is 1.38. The van der Waals surface area contributed by atoms with Crippen molar-refractivity contribution in [2.45, 2.75) is 88.1 Å². The van der Waals surface area contributed by atoms with E-state index in [2.05, 4.69) is 20.0 Å². The van der Waals surface area contributed by atoms with Crippen molar-refractivity contribution < 1.29 is 9.59 Å². The molecule has 1 heterocycles. The van der Waals surface area contributed by atoms with Crippen molar-refractivity contribution in [1.29, 1.82) is 5.26 Å². The van der Waals surface area contributed by atoms with E-state index in [9.17, 15) is 9.59 Å². The first-order valence-corrected chi connectivity index (χ1v) is 12.7. The van der Waals surface area contributed by atoms with Gasteiger partial charge in [-0.1, -0.05) is 44.2 Å². The lowest BCUT2D eigenvalue weighted by Crippen LogP contribution is -2.46. The van der Waals surface area contributed by atoms with Gasteiger partial charge in [-0.3, -0.25) is 9.59 Å². The van der Waals surface area contributed by atoms with Crippen LogP contribution in [-0.4, -0.2) is 53.3 Å². The highest BCUT2D eigenvalue weighted by atomic mass is 16.2. The predicted octanol–water partition coefficient (Wildman–Crippen LogP) is 4.56. The van der Waals surface area contributed by atoms with Crippen LogP contribution in [0.5, 0.6) is 0 Å². The maximum Gasteiger partial charge on any atom is 0.360 e. The van der Waals surface area contributed by atoms with Gasteiger partial charge in [0.25, 0.3) is 5.91 Å². The number of carbonyl (C=O) groups is 2. The fourth-order valence-corrected chi connectivity index (χ4v) is 5.82. The Morgan fingerprint density at radius 3 is 2.29 bits per heavy atom. The fourth-order valence-electron chi connectivity index (χ4n) is 5.82. The Hall–Kier alpha value is -2.88. The van der Waals surface area contributed by atoms with Gasteiger partial charge in [-0.05, 0) is 75.2 Å². The lowest BCUT2D eigenvalue weighted by molar-refractivity contribution is -0.134. The van der Waals surface area contributed by atoms with Gasteiger partial charge in [0.1, 0.15) is 5.11 Å². The molecule has 0 unspecified atom stereocenters. The summed E-state index contributed by atoms with van der Waals surface area (Å²) in [6.07, 6.45) is 13.3. The molecule has 1 aromatic carbocycles. The molecule has 3 aliphatic rings. The smallest absolute Gasteiger partial charge is 0.300 e. The molecule has 1 saturated heterocycles. The zero-order valence-corrected chi connectivity index (χ0v) is 20.2. The first kappa shape index (κ1) is 24.3. The van der Waals surface area contributed by atoms with E-state index >= 15 is 0 Å². The molecular weight excluding hydrogens is 428 g/mol. The van der Waals surface area contributed by atoms with Gasteiger partial charge in [-0.25, -0.2) is 4.90 Å². The highest BCUT2D eigenvalue weighted by Gasteiger charge is 2.47. The Kier molecular flexibility index (Phi) is 7.87. The number of carbonyl (C=O) groups excluding carboxylic acids is 2. The molecule has 0 radical (unpaired) electrons. The number of benzene rings is 1. The van der Waals surface area contributed by atoms with Crippen LogP contribution in [-0.2, 0) is 4.79 Å². The lowest BCUT2D eigenvalue weighted by Gasteiger charge is -2.36. The number of piperidine rings is 1. The van der Waals surface area contributed by atoms with Crippen molar-refractivity contribution in [3.8, 4) is 6.19 Å². The molecule has 2 saturated carbocycles. The average Bonchev–Trinajstić information content (AvgIpc) is 3.43. The molecule has 1 aromatic rings. The van der Waals surface area contributed by atoms with E-state index in [0.717, 1.165) is 56.1 Å². The van der Waals surface area contributed by atoms with Gasteiger partial charge in [0.05, 0.1) is 0 Å². The molecule has 0 spiro atoms. The first-order chi connectivity index (χ1) is 16.5. The third kappa shape index (κ3) is 5.43. The molecule has 0 atom stereocenters. The Labute approximate surface area is 201 Å². The van der Waals surface area contributed by atoms with Crippen LogP contribution in [0.15, 0.2) is 34.5 Å². The summed E-state index contributed by atoms with van der Waals surface area (Å²) >= 11 is 0. The van der Waals surface area contributed by atoms with Crippen molar-refractivity contribution in [2.75, 3.05) is 20.1 Å². The summed E-state index contributed by atoms with van der Waals surface area (Å²) in [5, 5.41) is 17.0. The molecule has 0 bridgehead atoms. The summed E-state index contributed by atoms with van der Waals surface area (Å²) in [6, 6.07) is 8.48. The summed E-state index contributed by atoms with van der Waals surface area (Å²) in [5.74, 6) is -0.324. The third-order valence-electron chi connectivity index (χ3n) is 7.90. The molecule has 2 aliphatic carbocycles. The molecule has 2 amide bonds. The quantitative estimate of drug-likeness (QED) is 0.276. The van der Waals surface area contributed by atoms with Crippen molar-refractivity contribution in [2.24, 2.45) is 10.2 Å². The second-order valence-corrected chi connectivity index (χ2v) is 10.0. The van der Waals surface area contributed by atoms with Gasteiger partial charge >= 0.3 is 5.91 Å². The minimum Gasteiger partial charge on any atom is -0.300 e. The topological polar surface area (TPSA) is 103 Å². The molecule has 8 nitrogen and oxygen atoms in total. The summed E-state index contributed by atoms with van der Waals surface area (Å²) in [5.41, 5.74) is 0.642. The maximum atomic E-state index is 12.7. The molecule has 0 aromatic heterocycles. The molecule has 180 valence electrons. The highest BCUT2D eigenvalue weighted by molar-refractivity contribution is 5.94. The molecule has 8 heteroatoms. The number of nitrogens with zero attached hydrogens (tertiary/aromatic N) is 6. The summed E-state index contributed by atoms with van der Waals surface area (Å²) in [6.45, 7) is 2.32. The third-order valence-corrected chi connectivity index (χ3v) is 7.90. The van der Waals surface area contributed by atoms with E-state index in [1.807, 2.05) is 30.5 Å². The Morgan fingerprint density at radius 1 is 1.03 bits per heavy atom. The largest absolute Gasteiger partial charge is 0.360 e. The van der Waals surface area contributed by atoms with Gasteiger partial charge in [-0.2, -0.15) is 5.26 Å². The van der Waals surface area contributed by atoms with Crippen LogP contribution in [0.2, 0.25) is 0 Å². The molecule has 1 aliphatic heterocycles. The monoisotopic (exact) mass is 463 g/mol. The van der Waals surface area contributed by atoms with E-state index in [4.69, 9.17) is 5.26 Å². The van der Waals surface area contributed by atoms with Crippen LogP contribution in [0.25, 0.3) is 0 Å². The number of likely N-dealkylation sites (N-methyl/N-ethyl adjacent to an activating group) is 1. The Bertz CT molecular complexity index is 972. The van der Waals surface area contributed by atoms with E-state index in [-0.39, 0.29) is 5.91 Å². The number of hydrogen-bond donors (Lipinski definition) is 0. The normalized spacial score (nSPS) is 21.3. The van der Waals surface area contributed by atoms with Gasteiger partial charge in [0, 0.05) is 18.7 Å². The first-order valence-electron chi connectivity index (χ1n) is 12.7. The SMILES string of the molecule is CN(C#N)C(=O)C1(N=[N+]=NC(=O)c2ccc(C3CCN(C4CCCC4)CC3)cc2)CCCCC1. The molecule has 0 N–H and O–H groups in total. The molecule has 4 rings (SSSR count).